The maximum atomic E-state index is 10.5. The summed E-state index contributed by atoms with van der Waals surface area (Å²) < 4.78 is 6.30. The molecule has 0 aromatic rings. The average Bonchev–Trinajstić information content (AvgIpc) is 2.58. The van der Waals surface area contributed by atoms with Crippen LogP contribution in [0, 0.1) is 17.3 Å². The summed E-state index contributed by atoms with van der Waals surface area (Å²) in [4.78, 5) is 0. The molecule has 2 heteroatoms. The lowest BCUT2D eigenvalue weighted by atomic mass is 9.58. The van der Waals surface area contributed by atoms with Crippen molar-refractivity contribution >= 4 is 0 Å². The van der Waals surface area contributed by atoms with Crippen LogP contribution in [0.15, 0.2) is 0 Å². The van der Waals surface area contributed by atoms with E-state index < -0.39 is 0 Å². The summed E-state index contributed by atoms with van der Waals surface area (Å²) in [6, 6.07) is 0. The van der Waals surface area contributed by atoms with Crippen LogP contribution >= 0.6 is 0 Å². The normalized spacial score (nSPS) is 45.7. The van der Waals surface area contributed by atoms with E-state index in [1.165, 1.54) is 0 Å². The van der Waals surface area contributed by atoms with Crippen LogP contribution in [0.3, 0.4) is 0 Å². The Kier molecular flexibility index (Phi) is 3.33. The van der Waals surface area contributed by atoms with E-state index in [1.54, 1.807) is 0 Å². The second-order valence-corrected chi connectivity index (χ2v) is 7.14. The van der Waals surface area contributed by atoms with Gasteiger partial charge in [-0.3, -0.25) is 0 Å². The maximum Gasteiger partial charge on any atom is 0.0765 e. The van der Waals surface area contributed by atoms with E-state index in [4.69, 9.17) is 4.74 Å². The number of aliphatic hydroxyl groups excluding tert-OH is 1. The molecule has 1 heterocycles. The molecule has 0 amide bonds. The molecule has 0 radical (unpaired) electrons. The average molecular weight is 240 g/mol. The quantitative estimate of drug-likeness (QED) is 0.761. The van der Waals surface area contributed by atoms with Gasteiger partial charge < -0.3 is 9.84 Å². The van der Waals surface area contributed by atoms with Crippen molar-refractivity contribution in [2.45, 2.75) is 78.1 Å². The SMILES string of the molecule is CC(C)[C@@H]1C[C@@H](O)C(C)(C)[C@]2(CC[C@@H](C)O2)C1. The molecular formula is C15H28O2. The molecule has 1 saturated heterocycles. The number of hydrogen-bond acceptors (Lipinski definition) is 2. The van der Waals surface area contributed by atoms with Crippen molar-refractivity contribution in [2.75, 3.05) is 0 Å². The second-order valence-electron chi connectivity index (χ2n) is 7.14. The molecule has 17 heavy (non-hydrogen) atoms. The van der Waals surface area contributed by atoms with Crippen molar-refractivity contribution in [3.8, 4) is 0 Å². The molecule has 0 aromatic carbocycles. The predicted octanol–water partition coefficient (Wildman–Crippen LogP) is 3.38. The molecular weight excluding hydrogens is 212 g/mol. The van der Waals surface area contributed by atoms with Crippen molar-refractivity contribution < 1.29 is 9.84 Å². The zero-order chi connectivity index (χ0) is 12.8. The lowest BCUT2D eigenvalue weighted by Crippen LogP contribution is -2.57. The molecule has 1 aliphatic heterocycles. The van der Waals surface area contributed by atoms with Gasteiger partial charge in [0.05, 0.1) is 17.8 Å². The van der Waals surface area contributed by atoms with Crippen LogP contribution in [0.1, 0.15) is 60.3 Å². The summed E-state index contributed by atoms with van der Waals surface area (Å²) >= 11 is 0. The first-order chi connectivity index (χ1) is 7.78. The van der Waals surface area contributed by atoms with Gasteiger partial charge >= 0.3 is 0 Å². The Morgan fingerprint density at radius 2 is 1.94 bits per heavy atom. The fourth-order valence-electron chi connectivity index (χ4n) is 3.73. The summed E-state index contributed by atoms with van der Waals surface area (Å²) in [5, 5.41) is 10.5. The largest absolute Gasteiger partial charge is 0.392 e. The predicted molar refractivity (Wildman–Crippen MR) is 69.9 cm³/mol. The molecule has 4 atom stereocenters. The van der Waals surface area contributed by atoms with Crippen LogP contribution in [0.4, 0.5) is 0 Å². The summed E-state index contributed by atoms with van der Waals surface area (Å²) in [7, 11) is 0. The number of rotatable bonds is 1. The van der Waals surface area contributed by atoms with Gasteiger partial charge in [-0.2, -0.15) is 0 Å². The molecule has 2 fully saturated rings. The first-order valence-corrected chi connectivity index (χ1v) is 7.14. The highest BCUT2D eigenvalue weighted by Gasteiger charge is 2.57. The van der Waals surface area contributed by atoms with Crippen LogP contribution in [-0.2, 0) is 4.74 Å². The Morgan fingerprint density at radius 3 is 2.41 bits per heavy atom. The zero-order valence-electron chi connectivity index (χ0n) is 12.0. The van der Waals surface area contributed by atoms with Crippen LogP contribution in [0.2, 0.25) is 0 Å². The number of aliphatic hydroxyl groups is 1. The Morgan fingerprint density at radius 1 is 1.29 bits per heavy atom. The summed E-state index contributed by atoms with van der Waals surface area (Å²) in [5.41, 5.74) is -0.192. The number of hydrogen-bond donors (Lipinski definition) is 1. The van der Waals surface area contributed by atoms with E-state index in [0.717, 1.165) is 25.7 Å². The van der Waals surface area contributed by atoms with Crippen molar-refractivity contribution in [3.63, 3.8) is 0 Å². The summed E-state index contributed by atoms with van der Waals surface area (Å²) in [6.45, 7) is 11.1. The Balaban J connectivity index is 2.27. The summed E-state index contributed by atoms with van der Waals surface area (Å²) in [5.74, 6) is 1.24. The lowest BCUT2D eigenvalue weighted by molar-refractivity contribution is -0.193. The van der Waals surface area contributed by atoms with E-state index in [9.17, 15) is 5.11 Å². The van der Waals surface area contributed by atoms with Gasteiger partial charge in [-0.1, -0.05) is 27.7 Å². The molecule has 1 N–H and O–H groups in total. The van der Waals surface area contributed by atoms with Gasteiger partial charge in [0.15, 0.2) is 0 Å². The molecule has 2 nitrogen and oxygen atoms in total. The van der Waals surface area contributed by atoms with Crippen LogP contribution in [-0.4, -0.2) is 22.9 Å². The van der Waals surface area contributed by atoms with Crippen LogP contribution in [0.25, 0.3) is 0 Å². The molecule has 0 aromatic heterocycles. The monoisotopic (exact) mass is 240 g/mol. The highest BCUT2D eigenvalue weighted by Crippen LogP contribution is 2.55. The first kappa shape index (κ1) is 13.4. The van der Waals surface area contributed by atoms with Crippen molar-refractivity contribution in [1.82, 2.24) is 0 Å². The molecule has 2 aliphatic rings. The van der Waals surface area contributed by atoms with Gasteiger partial charge in [0.25, 0.3) is 0 Å². The molecule has 1 aliphatic carbocycles. The highest BCUT2D eigenvalue weighted by atomic mass is 16.5. The van der Waals surface area contributed by atoms with Gasteiger partial charge in [-0.15, -0.1) is 0 Å². The van der Waals surface area contributed by atoms with E-state index in [1.807, 2.05) is 0 Å². The molecule has 1 saturated carbocycles. The van der Waals surface area contributed by atoms with Gasteiger partial charge in [-0.25, -0.2) is 0 Å². The fourth-order valence-corrected chi connectivity index (χ4v) is 3.73. The van der Waals surface area contributed by atoms with Gasteiger partial charge in [0, 0.05) is 5.41 Å². The third kappa shape index (κ3) is 2.04. The molecule has 100 valence electrons. The van der Waals surface area contributed by atoms with E-state index in [-0.39, 0.29) is 17.1 Å². The minimum Gasteiger partial charge on any atom is -0.392 e. The Labute approximate surface area is 106 Å². The molecule has 0 unspecified atom stereocenters. The van der Waals surface area contributed by atoms with E-state index >= 15 is 0 Å². The van der Waals surface area contributed by atoms with E-state index in [2.05, 4.69) is 34.6 Å². The molecule has 0 bridgehead atoms. The van der Waals surface area contributed by atoms with Crippen LogP contribution < -0.4 is 0 Å². The fraction of sp³-hybridized carbons (Fsp3) is 1.00. The van der Waals surface area contributed by atoms with Crippen molar-refractivity contribution in [3.05, 3.63) is 0 Å². The van der Waals surface area contributed by atoms with Crippen molar-refractivity contribution in [1.29, 1.82) is 0 Å². The zero-order valence-corrected chi connectivity index (χ0v) is 12.0. The smallest absolute Gasteiger partial charge is 0.0765 e. The van der Waals surface area contributed by atoms with Gasteiger partial charge in [0.1, 0.15) is 0 Å². The van der Waals surface area contributed by atoms with Crippen LogP contribution in [0.5, 0.6) is 0 Å². The Hall–Kier alpha value is -0.0800. The van der Waals surface area contributed by atoms with E-state index in [0.29, 0.717) is 17.9 Å². The first-order valence-electron chi connectivity index (χ1n) is 7.14. The molecule has 1 spiro atoms. The summed E-state index contributed by atoms with van der Waals surface area (Å²) in [6.07, 6.45) is 4.44. The van der Waals surface area contributed by atoms with Gasteiger partial charge in [-0.05, 0) is 44.4 Å². The van der Waals surface area contributed by atoms with Gasteiger partial charge in [0.2, 0.25) is 0 Å². The maximum absolute atomic E-state index is 10.5. The second kappa shape index (κ2) is 4.24. The minimum atomic E-state index is -0.228. The standard InChI is InChI=1S/C15H28O2/c1-10(2)12-8-13(16)14(4,5)15(9-12)7-6-11(3)17-15/h10-13,16H,6-9H2,1-5H3/t11-,12-,13-,15+/m1/s1. The van der Waals surface area contributed by atoms with Crippen molar-refractivity contribution in [2.24, 2.45) is 17.3 Å². The minimum absolute atomic E-state index is 0.0843. The Bertz CT molecular complexity index is 285. The number of ether oxygens (including phenoxy) is 1. The third-order valence-corrected chi connectivity index (χ3v) is 5.45. The lowest BCUT2D eigenvalue weighted by Gasteiger charge is -2.53. The molecule has 2 rings (SSSR count). The topological polar surface area (TPSA) is 29.5 Å². The third-order valence-electron chi connectivity index (χ3n) is 5.45. The highest BCUT2D eigenvalue weighted by molar-refractivity contribution is 5.07.